The normalized spacial score (nSPS) is 13.8. The average Bonchev–Trinajstić information content (AvgIpc) is 1.85. The minimum atomic E-state index is -2.35. The molecule has 0 rings (SSSR count). The molecule has 70 valence electrons. The van der Waals surface area contributed by atoms with Crippen LogP contribution >= 0.6 is 0 Å². The lowest BCUT2D eigenvalue weighted by atomic mass is 10.4. The monoisotopic (exact) mass is 188 g/mol. The highest BCUT2D eigenvalue weighted by atomic mass is 28.4. The van der Waals surface area contributed by atoms with Crippen molar-refractivity contribution in [3.63, 3.8) is 0 Å². The van der Waals surface area contributed by atoms with Crippen molar-refractivity contribution in [3.8, 4) is 0 Å². The molecule has 1 unspecified atom stereocenters. The van der Waals surface area contributed by atoms with Crippen LogP contribution in [0.3, 0.4) is 0 Å². The Labute approximate surface area is 74.2 Å². The molecule has 0 aromatic heterocycles. The van der Waals surface area contributed by atoms with Crippen LogP contribution in [0, 0.1) is 0 Å². The Bertz CT molecular complexity index is 193. The third-order valence-electron chi connectivity index (χ3n) is 1.63. The first-order chi connectivity index (χ1) is 5.25. The van der Waals surface area contributed by atoms with Gasteiger partial charge in [-0.1, -0.05) is 6.58 Å². The molecule has 0 aliphatic rings. The fourth-order valence-electron chi connectivity index (χ4n) is 0.405. The summed E-state index contributed by atoms with van der Waals surface area (Å²) in [5.41, 5.74) is -0.0261. The van der Waals surface area contributed by atoms with E-state index in [1.54, 1.807) is 26.9 Å². The summed E-state index contributed by atoms with van der Waals surface area (Å²) < 4.78 is 4.95. The van der Waals surface area contributed by atoms with Crippen LogP contribution in [0.15, 0.2) is 12.2 Å². The van der Waals surface area contributed by atoms with Gasteiger partial charge in [0.15, 0.2) is 0 Å². The molecule has 0 aliphatic carbocycles. The molecule has 0 aromatic rings. The summed E-state index contributed by atoms with van der Waals surface area (Å²) in [7, 11) is -2.35. The van der Waals surface area contributed by atoms with Crippen molar-refractivity contribution in [1.82, 2.24) is 0 Å². The van der Waals surface area contributed by atoms with Crippen molar-refractivity contribution in [3.05, 3.63) is 12.2 Å². The van der Waals surface area contributed by atoms with E-state index in [9.17, 15) is 9.59 Å². The summed E-state index contributed by atoms with van der Waals surface area (Å²) in [6.45, 7) is 10.2. The number of carbonyl (C=O) groups excluding carboxylic acids is 1. The Morgan fingerprint density at radius 1 is 1.58 bits per heavy atom. The first-order valence-electron chi connectivity index (χ1n) is 3.84. The number of hydrogen-bond donors (Lipinski definition) is 1. The van der Waals surface area contributed by atoms with E-state index < -0.39 is 14.3 Å². The lowest BCUT2D eigenvalue weighted by Gasteiger charge is -2.22. The van der Waals surface area contributed by atoms with Gasteiger partial charge in [-0.05, 0) is 26.9 Å². The van der Waals surface area contributed by atoms with Crippen molar-refractivity contribution in [2.75, 3.05) is 0 Å². The number of hydrogen-bond acceptors (Lipinski definition) is 3. The minimum absolute atomic E-state index is 0.361. The SMILES string of the molecule is C=C(C)C(=O)OC(C)[Si](C)(C)O. The Kier molecular flexibility index (Phi) is 3.67. The maximum absolute atomic E-state index is 11.0. The van der Waals surface area contributed by atoms with Crippen LogP contribution in [0.25, 0.3) is 0 Å². The zero-order valence-electron chi connectivity index (χ0n) is 8.05. The largest absolute Gasteiger partial charge is 0.460 e. The van der Waals surface area contributed by atoms with Crippen molar-refractivity contribution in [1.29, 1.82) is 0 Å². The minimum Gasteiger partial charge on any atom is -0.460 e. The van der Waals surface area contributed by atoms with Crippen molar-refractivity contribution in [2.24, 2.45) is 0 Å². The summed E-state index contributed by atoms with van der Waals surface area (Å²) in [5.74, 6) is -0.433. The van der Waals surface area contributed by atoms with E-state index in [4.69, 9.17) is 4.74 Å². The zero-order chi connectivity index (χ0) is 9.94. The zero-order valence-corrected chi connectivity index (χ0v) is 9.05. The average molecular weight is 188 g/mol. The van der Waals surface area contributed by atoms with E-state index in [-0.39, 0.29) is 5.73 Å². The lowest BCUT2D eigenvalue weighted by molar-refractivity contribution is -0.140. The van der Waals surface area contributed by atoms with E-state index >= 15 is 0 Å². The second kappa shape index (κ2) is 3.87. The van der Waals surface area contributed by atoms with Crippen LogP contribution in [0.5, 0.6) is 0 Å². The Morgan fingerprint density at radius 2 is 2.00 bits per heavy atom. The maximum atomic E-state index is 11.0. The molecule has 0 radical (unpaired) electrons. The predicted molar refractivity (Wildman–Crippen MR) is 50.1 cm³/mol. The highest BCUT2D eigenvalue weighted by molar-refractivity contribution is 6.71. The molecule has 0 spiro atoms. The Balaban J connectivity index is 4.11. The molecule has 0 heterocycles. The molecule has 1 atom stereocenters. The van der Waals surface area contributed by atoms with Crippen LogP contribution in [0.4, 0.5) is 0 Å². The topological polar surface area (TPSA) is 46.5 Å². The third-order valence-corrected chi connectivity index (χ3v) is 3.73. The van der Waals surface area contributed by atoms with E-state index in [0.29, 0.717) is 5.57 Å². The van der Waals surface area contributed by atoms with Gasteiger partial charge in [-0.25, -0.2) is 4.79 Å². The van der Waals surface area contributed by atoms with Gasteiger partial charge in [-0.2, -0.15) is 0 Å². The van der Waals surface area contributed by atoms with Gasteiger partial charge in [-0.15, -0.1) is 0 Å². The molecule has 12 heavy (non-hydrogen) atoms. The van der Waals surface area contributed by atoms with Crippen molar-refractivity contribution >= 4 is 14.3 Å². The third kappa shape index (κ3) is 3.68. The molecule has 1 N–H and O–H groups in total. The van der Waals surface area contributed by atoms with Gasteiger partial charge in [0, 0.05) is 5.57 Å². The summed E-state index contributed by atoms with van der Waals surface area (Å²) in [5, 5.41) is 0. The van der Waals surface area contributed by atoms with Gasteiger partial charge in [0.1, 0.15) is 5.73 Å². The van der Waals surface area contributed by atoms with Crippen LogP contribution in [-0.2, 0) is 9.53 Å². The van der Waals surface area contributed by atoms with Crippen LogP contribution in [-0.4, -0.2) is 24.8 Å². The molecule has 0 aromatic carbocycles. The van der Waals surface area contributed by atoms with E-state index in [1.807, 2.05) is 0 Å². The van der Waals surface area contributed by atoms with Gasteiger partial charge in [0.2, 0.25) is 8.32 Å². The number of rotatable bonds is 3. The molecule has 0 saturated carbocycles. The fourth-order valence-corrected chi connectivity index (χ4v) is 0.801. The second-order valence-corrected chi connectivity index (χ2v) is 7.60. The molecule has 0 saturated heterocycles. The molecule has 0 amide bonds. The van der Waals surface area contributed by atoms with Gasteiger partial charge in [0.25, 0.3) is 0 Å². The van der Waals surface area contributed by atoms with E-state index in [2.05, 4.69) is 6.58 Å². The van der Waals surface area contributed by atoms with Gasteiger partial charge >= 0.3 is 5.97 Å². The summed E-state index contributed by atoms with van der Waals surface area (Å²) >= 11 is 0. The number of carbonyl (C=O) groups is 1. The maximum Gasteiger partial charge on any atom is 0.333 e. The standard InChI is InChI=1S/C8H16O3Si/c1-6(2)8(9)11-7(3)12(4,5)10/h7,10H,1H2,2-5H3. The Morgan fingerprint density at radius 3 is 2.25 bits per heavy atom. The fraction of sp³-hybridized carbons (Fsp3) is 0.625. The molecular formula is C8H16O3Si. The summed E-state index contributed by atoms with van der Waals surface area (Å²) in [6.07, 6.45) is 0. The highest BCUT2D eigenvalue weighted by Crippen LogP contribution is 2.09. The Hall–Kier alpha value is -0.613. The van der Waals surface area contributed by atoms with Crippen LogP contribution in [0.2, 0.25) is 13.1 Å². The summed E-state index contributed by atoms with van der Waals surface area (Å²) in [6, 6.07) is 0. The van der Waals surface area contributed by atoms with Gasteiger partial charge < -0.3 is 9.53 Å². The molecular weight excluding hydrogens is 172 g/mol. The first-order valence-corrected chi connectivity index (χ1v) is 6.86. The molecule has 0 bridgehead atoms. The highest BCUT2D eigenvalue weighted by Gasteiger charge is 2.29. The van der Waals surface area contributed by atoms with Crippen molar-refractivity contribution < 1.29 is 14.3 Å². The smallest absolute Gasteiger partial charge is 0.333 e. The van der Waals surface area contributed by atoms with Crippen LogP contribution < -0.4 is 0 Å². The molecule has 0 fully saturated rings. The number of ether oxygens (including phenoxy) is 1. The van der Waals surface area contributed by atoms with E-state index in [0.717, 1.165) is 0 Å². The summed E-state index contributed by atoms with van der Waals surface area (Å²) in [4.78, 5) is 20.5. The number of esters is 1. The molecule has 3 nitrogen and oxygen atoms in total. The second-order valence-electron chi connectivity index (χ2n) is 3.48. The van der Waals surface area contributed by atoms with E-state index in [1.165, 1.54) is 0 Å². The van der Waals surface area contributed by atoms with Crippen LogP contribution in [0.1, 0.15) is 13.8 Å². The molecule has 4 heteroatoms. The quantitative estimate of drug-likeness (QED) is 0.411. The first kappa shape index (κ1) is 11.4. The van der Waals surface area contributed by atoms with Crippen molar-refractivity contribution in [2.45, 2.75) is 32.7 Å². The lowest BCUT2D eigenvalue weighted by Crippen LogP contribution is -2.42. The van der Waals surface area contributed by atoms with Gasteiger partial charge in [-0.3, -0.25) is 0 Å². The van der Waals surface area contributed by atoms with Gasteiger partial charge in [0.05, 0.1) is 0 Å². The molecule has 0 aliphatic heterocycles. The predicted octanol–water partition coefficient (Wildman–Crippen LogP) is 1.23.